The summed E-state index contributed by atoms with van der Waals surface area (Å²) in [6, 6.07) is 0.702. The molecule has 3 heterocycles. The van der Waals surface area contributed by atoms with E-state index in [2.05, 4.69) is 10.1 Å². The number of aromatic nitrogens is 3. The Bertz CT molecular complexity index is 1010. The number of hydroxylamine groups is 1. The van der Waals surface area contributed by atoms with E-state index in [1.807, 2.05) is 12.3 Å². The number of hydrogen-bond acceptors (Lipinski definition) is 6. The van der Waals surface area contributed by atoms with Gasteiger partial charge in [-0.05, 0) is 58.1 Å². The first-order valence-corrected chi connectivity index (χ1v) is 11.1. The number of amides is 3. The van der Waals surface area contributed by atoms with Gasteiger partial charge in [0, 0.05) is 13.2 Å². The Balaban J connectivity index is 1.76. The van der Waals surface area contributed by atoms with Gasteiger partial charge in [0.15, 0.2) is 27.8 Å². The number of pyridine rings is 1. The SMILES string of the molecule is C[C@@H](c1nc2c(N3CC(=O)N(C)C3=O)cc(C3CC3)cn2n1)[NH+]([O-])[S+]([O-])C(C)(C)C. The highest BCUT2D eigenvalue weighted by molar-refractivity contribution is 7.86. The van der Waals surface area contributed by atoms with Crippen molar-refractivity contribution in [3.63, 3.8) is 0 Å². The first-order chi connectivity index (χ1) is 14.0. The second-order valence-electron chi connectivity index (χ2n) is 8.91. The van der Waals surface area contributed by atoms with Crippen LogP contribution in [0.25, 0.3) is 5.65 Å². The maximum absolute atomic E-state index is 12.7. The number of anilines is 1. The van der Waals surface area contributed by atoms with Crippen molar-refractivity contribution in [2.75, 3.05) is 18.5 Å². The number of hydrogen-bond donors (Lipinski definition) is 1. The average Bonchev–Trinajstić information content (AvgIpc) is 3.40. The standard InChI is InChI=1S/C19H26N6O4S/c1-11(25(28)30(29)19(2,3)4)16-20-17-14(23-10-15(26)22(5)18(23)27)8-13(12-6-7-12)9-24(17)21-16/h8-9,11-12,25H,6-7,10H2,1-5H3/t11-,30?/m0/s1. The third-order valence-corrected chi connectivity index (χ3v) is 7.29. The van der Waals surface area contributed by atoms with Crippen molar-refractivity contribution in [2.45, 2.75) is 57.2 Å². The zero-order valence-electron chi connectivity index (χ0n) is 17.7. The number of carbonyl (C=O) groups excluding carboxylic acids is 2. The molecular weight excluding hydrogens is 408 g/mol. The molecule has 2 aliphatic rings. The molecule has 1 saturated heterocycles. The molecule has 1 aliphatic heterocycles. The summed E-state index contributed by atoms with van der Waals surface area (Å²) in [6.07, 6.45) is 3.97. The molecule has 1 N–H and O–H groups in total. The fourth-order valence-corrected chi connectivity index (χ4v) is 4.41. The number of fused-ring (bicyclic) bond motifs is 1. The van der Waals surface area contributed by atoms with Gasteiger partial charge in [-0.2, -0.15) is 4.47 Å². The lowest BCUT2D eigenvalue weighted by Crippen LogP contribution is -3.11. The van der Waals surface area contributed by atoms with Gasteiger partial charge in [0.05, 0.1) is 5.69 Å². The monoisotopic (exact) mass is 434 g/mol. The van der Waals surface area contributed by atoms with Gasteiger partial charge in [-0.25, -0.2) is 14.3 Å². The van der Waals surface area contributed by atoms with Crippen molar-refractivity contribution in [1.82, 2.24) is 19.5 Å². The second kappa shape index (κ2) is 7.19. The number of nitrogens with one attached hydrogen (secondary N) is 1. The molecule has 1 saturated carbocycles. The largest absolute Gasteiger partial charge is 0.588 e. The van der Waals surface area contributed by atoms with Crippen LogP contribution >= 0.6 is 0 Å². The molecule has 0 spiro atoms. The van der Waals surface area contributed by atoms with Gasteiger partial charge in [0.25, 0.3) is 0 Å². The van der Waals surface area contributed by atoms with Crippen molar-refractivity contribution in [2.24, 2.45) is 0 Å². The van der Waals surface area contributed by atoms with E-state index < -0.39 is 32.7 Å². The molecule has 3 atom stereocenters. The summed E-state index contributed by atoms with van der Waals surface area (Å²) in [5, 5.41) is 17.2. The molecule has 0 aromatic carbocycles. The van der Waals surface area contributed by atoms with E-state index in [4.69, 9.17) is 0 Å². The molecule has 30 heavy (non-hydrogen) atoms. The van der Waals surface area contributed by atoms with Gasteiger partial charge in [-0.15, -0.1) is 5.10 Å². The van der Waals surface area contributed by atoms with Gasteiger partial charge in [-0.1, -0.05) is 0 Å². The average molecular weight is 435 g/mol. The van der Waals surface area contributed by atoms with Crippen molar-refractivity contribution in [1.29, 1.82) is 0 Å². The number of rotatable bonds is 5. The minimum Gasteiger partial charge on any atom is -0.588 e. The van der Waals surface area contributed by atoms with Gasteiger partial charge in [0.2, 0.25) is 11.7 Å². The highest BCUT2D eigenvalue weighted by Gasteiger charge is 2.39. The lowest BCUT2D eigenvalue weighted by atomic mass is 10.1. The Morgan fingerprint density at radius 2 is 1.97 bits per heavy atom. The molecular formula is C19H26N6O4S. The van der Waals surface area contributed by atoms with Crippen LogP contribution < -0.4 is 9.37 Å². The van der Waals surface area contributed by atoms with Crippen molar-refractivity contribution in [3.8, 4) is 0 Å². The lowest BCUT2D eigenvalue weighted by Gasteiger charge is -2.33. The van der Waals surface area contributed by atoms with Crippen LogP contribution in [0.3, 0.4) is 0 Å². The minimum atomic E-state index is -1.70. The zero-order valence-corrected chi connectivity index (χ0v) is 18.5. The maximum Gasteiger partial charge on any atom is 0.331 e. The first-order valence-electron chi connectivity index (χ1n) is 9.93. The molecule has 162 valence electrons. The highest BCUT2D eigenvalue weighted by Crippen LogP contribution is 2.42. The predicted octanol–water partition coefficient (Wildman–Crippen LogP) is 0.911. The fraction of sp³-hybridized carbons (Fsp3) is 0.579. The van der Waals surface area contributed by atoms with Crippen LogP contribution in [-0.4, -0.2) is 54.3 Å². The Morgan fingerprint density at radius 1 is 1.30 bits per heavy atom. The third kappa shape index (κ3) is 3.55. The molecule has 3 amide bonds. The van der Waals surface area contributed by atoms with Crippen LogP contribution in [0, 0.1) is 5.21 Å². The minimum absolute atomic E-state index is 0.0656. The van der Waals surface area contributed by atoms with Crippen molar-refractivity contribution in [3.05, 3.63) is 28.9 Å². The fourth-order valence-electron chi connectivity index (χ4n) is 3.38. The van der Waals surface area contributed by atoms with Crippen LogP contribution in [0.4, 0.5) is 10.5 Å². The second-order valence-corrected chi connectivity index (χ2v) is 11.1. The zero-order chi connectivity index (χ0) is 22.0. The van der Waals surface area contributed by atoms with E-state index in [1.54, 1.807) is 32.2 Å². The molecule has 2 aromatic rings. The van der Waals surface area contributed by atoms with Crippen LogP contribution in [0.1, 0.15) is 63.9 Å². The molecule has 11 heteroatoms. The molecule has 0 radical (unpaired) electrons. The predicted molar refractivity (Wildman–Crippen MR) is 111 cm³/mol. The van der Waals surface area contributed by atoms with Crippen LogP contribution in [-0.2, 0) is 16.2 Å². The van der Waals surface area contributed by atoms with E-state index in [-0.39, 0.29) is 18.3 Å². The van der Waals surface area contributed by atoms with E-state index in [9.17, 15) is 19.3 Å². The Kier molecular flexibility index (Phi) is 5.04. The van der Waals surface area contributed by atoms with Gasteiger partial charge in [-0.3, -0.25) is 14.6 Å². The topological polar surface area (TPSA) is 121 Å². The van der Waals surface area contributed by atoms with Crippen molar-refractivity contribution < 1.29 is 18.6 Å². The van der Waals surface area contributed by atoms with E-state index in [0.29, 0.717) is 17.3 Å². The summed E-state index contributed by atoms with van der Waals surface area (Å²) >= 11 is -1.70. The quantitative estimate of drug-likeness (QED) is 0.424. The van der Waals surface area contributed by atoms with Gasteiger partial charge in [0.1, 0.15) is 6.54 Å². The Hall–Kier alpha value is -2.21. The summed E-state index contributed by atoms with van der Waals surface area (Å²) in [4.78, 5) is 31.6. The van der Waals surface area contributed by atoms with Crippen LogP contribution in [0.5, 0.6) is 0 Å². The summed E-state index contributed by atoms with van der Waals surface area (Å²) in [5.41, 5.74) is 1.91. The lowest BCUT2D eigenvalue weighted by molar-refractivity contribution is -0.747. The molecule has 0 bridgehead atoms. The summed E-state index contributed by atoms with van der Waals surface area (Å²) in [6.45, 7) is 6.82. The van der Waals surface area contributed by atoms with Crippen LogP contribution in [0.15, 0.2) is 12.3 Å². The number of carbonyl (C=O) groups is 2. The van der Waals surface area contributed by atoms with Crippen LogP contribution in [0.2, 0.25) is 0 Å². The Labute approximate surface area is 177 Å². The number of imide groups is 1. The maximum atomic E-state index is 12.7. The number of quaternary nitrogens is 1. The van der Waals surface area contributed by atoms with E-state index in [1.165, 1.54) is 11.9 Å². The van der Waals surface area contributed by atoms with Gasteiger partial charge >= 0.3 is 6.03 Å². The molecule has 4 rings (SSSR count). The Morgan fingerprint density at radius 3 is 2.50 bits per heavy atom. The number of urea groups is 1. The smallest absolute Gasteiger partial charge is 0.331 e. The van der Waals surface area contributed by atoms with E-state index >= 15 is 0 Å². The summed E-state index contributed by atoms with van der Waals surface area (Å²) in [7, 11) is 1.45. The molecule has 2 fully saturated rings. The molecule has 1 aliphatic carbocycles. The molecule has 10 nitrogen and oxygen atoms in total. The summed E-state index contributed by atoms with van der Waals surface area (Å²) < 4.78 is 13.0. The highest BCUT2D eigenvalue weighted by atomic mass is 32.2. The molecule has 2 unspecified atom stereocenters. The molecule has 2 aromatic heterocycles. The van der Waals surface area contributed by atoms with Gasteiger partial charge < -0.3 is 9.76 Å². The summed E-state index contributed by atoms with van der Waals surface area (Å²) in [5.74, 6) is 0.344. The van der Waals surface area contributed by atoms with Crippen molar-refractivity contribution >= 4 is 34.6 Å². The normalized spacial score (nSPS) is 20.9. The number of nitrogens with zero attached hydrogens (tertiary/aromatic N) is 5. The van der Waals surface area contributed by atoms with E-state index in [0.717, 1.165) is 23.3 Å². The third-order valence-electron chi connectivity index (χ3n) is 5.46. The first kappa shape index (κ1) is 21.0. The number of likely N-dealkylation sites (N-methyl/N-ethyl adjacent to an activating group) is 1.